The third-order valence-electron chi connectivity index (χ3n) is 3.39. The van der Waals surface area contributed by atoms with Gasteiger partial charge in [-0.2, -0.15) is 0 Å². The first kappa shape index (κ1) is 12.1. The number of halogens is 1. The molecule has 2 N–H and O–H groups in total. The van der Waals surface area contributed by atoms with Gasteiger partial charge < -0.3 is 5.73 Å². The van der Waals surface area contributed by atoms with Gasteiger partial charge >= 0.3 is 0 Å². The number of thiophene rings is 1. The summed E-state index contributed by atoms with van der Waals surface area (Å²) in [7, 11) is 0. The van der Waals surface area contributed by atoms with Crippen LogP contribution in [0, 0.1) is 0 Å². The summed E-state index contributed by atoms with van der Waals surface area (Å²) in [4.78, 5) is 10.2. The Balaban J connectivity index is 2.07. The second kappa shape index (κ2) is 4.97. The zero-order chi connectivity index (χ0) is 12.5. The van der Waals surface area contributed by atoms with Gasteiger partial charge in [0.2, 0.25) is 0 Å². The Morgan fingerprint density at radius 3 is 2.72 bits per heavy atom. The minimum atomic E-state index is 0.531. The average Bonchev–Trinajstić information content (AvgIpc) is 3.03. The summed E-state index contributed by atoms with van der Waals surface area (Å²) in [6, 6.07) is 4.04. The molecule has 5 heteroatoms. The molecule has 0 unspecified atom stereocenters. The van der Waals surface area contributed by atoms with Crippen LogP contribution in [0.2, 0.25) is 0 Å². The summed E-state index contributed by atoms with van der Waals surface area (Å²) < 4.78 is 0.884. The van der Waals surface area contributed by atoms with E-state index in [1.807, 2.05) is 17.5 Å². The summed E-state index contributed by atoms with van der Waals surface area (Å²) in [5.74, 6) is 1.84. The third kappa shape index (κ3) is 2.17. The Morgan fingerprint density at radius 2 is 2.06 bits per heavy atom. The van der Waals surface area contributed by atoms with Crippen LogP contribution in [0.5, 0.6) is 0 Å². The van der Waals surface area contributed by atoms with E-state index in [0.717, 1.165) is 20.9 Å². The summed E-state index contributed by atoms with van der Waals surface area (Å²) in [5.41, 5.74) is 7.09. The maximum atomic E-state index is 6.00. The Hall–Kier alpha value is -0.940. The molecule has 1 aliphatic rings. The number of hydrogen-bond donors (Lipinski definition) is 1. The second-order valence-electron chi connectivity index (χ2n) is 4.59. The molecular weight excluding hydrogens is 310 g/mol. The van der Waals surface area contributed by atoms with E-state index in [-0.39, 0.29) is 0 Å². The predicted octanol–water partition coefficient (Wildman–Crippen LogP) is 4.21. The molecule has 0 amide bonds. The Labute approximate surface area is 119 Å². The molecule has 0 aliphatic heterocycles. The maximum Gasteiger partial charge on any atom is 0.171 e. The van der Waals surface area contributed by atoms with Crippen molar-refractivity contribution in [3.8, 4) is 10.7 Å². The number of rotatable bonds is 2. The molecule has 3 nitrogen and oxygen atoms in total. The first-order chi connectivity index (χ1) is 8.75. The molecule has 1 fully saturated rings. The van der Waals surface area contributed by atoms with Crippen molar-refractivity contribution >= 4 is 33.1 Å². The molecule has 0 spiro atoms. The van der Waals surface area contributed by atoms with Crippen LogP contribution in [-0.2, 0) is 0 Å². The zero-order valence-electron chi connectivity index (χ0n) is 9.90. The fourth-order valence-electron chi connectivity index (χ4n) is 2.47. The highest BCUT2D eigenvalue weighted by molar-refractivity contribution is 9.10. The van der Waals surface area contributed by atoms with Crippen molar-refractivity contribution in [2.45, 2.75) is 31.6 Å². The Kier molecular flexibility index (Phi) is 3.35. The predicted molar refractivity (Wildman–Crippen MR) is 78.7 cm³/mol. The van der Waals surface area contributed by atoms with Gasteiger partial charge in [0.15, 0.2) is 5.82 Å². The van der Waals surface area contributed by atoms with E-state index in [1.165, 1.54) is 25.7 Å². The van der Waals surface area contributed by atoms with E-state index < -0.39 is 0 Å². The highest BCUT2D eigenvalue weighted by Gasteiger charge is 2.23. The van der Waals surface area contributed by atoms with Crippen LogP contribution in [0.15, 0.2) is 22.0 Å². The normalized spacial score (nSPS) is 16.3. The molecule has 0 atom stereocenters. The monoisotopic (exact) mass is 323 g/mol. The fraction of sp³-hybridized carbons (Fsp3) is 0.385. The lowest BCUT2D eigenvalue weighted by atomic mass is 10.0. The van der Waals surface area contributed by atoms with Gasteiger partial charge in [-0.1, -0.05) is 18.9 Å². The number of nitrogens with zero attached hydrogens (tertiary/aromatic N) is 2. The average molecular weight is 324 g/mol. The lowest BCUT2D eigenvalue weighted by Crippen LogP contribution is -2.05. The molecule has 0 aromatic carbocycles. The van der Waals surface area contributed by atoms with E-state index in [0.29, 0.717) is 11.7 Å². The van der Waals surface area contributed by atoms with Crippen molar-refractivity contribution in [1.29, 1.82) is 0 Å². The van der Waals surface area contributed by atoms with Gasteiger partial charge in [-0.05, 0) is 40.2 Å². The van der Waals surface area contributed by atoms with E-state index in [1.54, 1.807) is 11.3 Å². The molecule has 1 saturated carbocycles. The molecule has 2 heterocycles. The molecular formula is C13H14BrN3S. The largest absolute Gasteiger partial charge is 0.383 e. The van der Waals surface area contributed by atoms with Crippen LogP contribution in [0.4, 0.5) is 5.82 Å². The molecule has 0 radical (unpaired) electrons. The van der Waals surface area contributed by atoms with Gasteiger partial charge in [-0.3, -0.25) is 0 Å². The van der Waals surface area contributed by atoms with Crippen LogP contribution >= 0.6 is 27.3 Å². The van der Waals surface area contributed by atoms with Gasteiger partial charge in [-0.15, -0.1) is 11.3 Å². The van der Waals surface area contributed by atoms with Gasteiger partial charge in [0, 0.05) is 5.92 Å². The summed E-state index contributed by atoms with van der Waals surface area (Å²) in [5, 5.41) is 2.03. The lowest BCUT2D eigenvalue weighted by molar-refractivity contribution is 0.692. The Bertz CT molecular complexity index is 548. The third-order valence-corrected chi connectivity index (χ3v) is 5.06. The number of aromatic nitrogens is 2. The minimum Gasteiger partial charge on any atom is -0.383 e. The van der Waals surface area contributed by atoms with Crippen molar-refractivity contribution in [2.24, 2.45) is 0 Å². The van der Waals surface area contributed by atoms with Gasteiger partial charge in [0.05, 0.1) is 15.0 Å². The van der Waals surface area contributed by atoms with Crippen molar-refractivity contribution in [2.75, 3.05) is 5.73 Å². The molecule has 3 rings (SSSR count). The summed E-state index contributed by atoms with van der Waals surface area (Å²) in [6.07, 6.45) is 4.99. The summed E-state index contributed by atoms with van der Waals surface area (Å²) in [6.45, 7) is 0. The molecule has 2 aromatic heterocycles. The molecule has 18 heavy (non-hydrogen) atoms. The van der Waals surface area contributed by atoms with E-state index >= 15 is 0 Å². The SMILES string of the molecule is Nc1nc(-c2cccs2)nc(C2CCCC2)c1Br. The topological polar surface area (TPSA) is 51.8 Å². The van der Waals surface area contributed by atoms with Gasteiger partial charge in [0.1, 0.15) is 5.82 Å². The molecule has 94 valence electrons. The molecule has 0 saturated heterocycles. The van der Waals surface area contributed by atoms with E-state index in [4.69, 9.17) is 10.7 Å². The second-order valence-corrected chi connectivity index (χ2v) is 6.33. The first-order valence-corrected chi connectivity index (χ1v) is 7.80. The van der Waals surface area contributed by atoms with Crippen molar-refractivity contribution < 1.29 is 0 Å². The number of anilines is 1. The highest BCUT2D eigenvalue weighted by atomic mass is 79.9. The van der Waals surface area contributed by atoms with Crippen molar-refractivity contribution in [3.05, 3.63) is 27.7 Å². The van der Waals surface area contributed by atoms with E-state index in [9.17, 15) is 0 Å². The van der Waals surface area contributed by atoms with Crippen LogP contribution < -0.4 is 5.73 Å². The molecule has 2 aromatic rings. The minimum absolute atomic E-state index is 0.531. The van der Waals surface area contributed by atoms with Crippen LogP contribution in [-0.4, -0.2) is 9.97 Å². The number of nitrogens with two attached hydrogens (primary N) is 1. The standard InChI is InChI=1S/C13H14BrN3S/c14-10-11(8-4-1-2-5-8)16-13(17-12(10)15)9-6-3-7-18-9/h3,6-8H,1-2,4-5H2,(H2,15,16,17). The number of hydrogen-bond acceptors (Lipinski definition) is 4. The first-order valence-electron chi connectivity index (χ1n) is 6.12. The van der Waals surface area contributed by atoms with Gasteiger partial charge in [-0.25, -0.2) is 9.97 Å². The molecule has 0 bridgehead atoms. The lowest BCUT2D eigenvalue weighted by Gasteiger charge is -2.13. The van der Waals surface area contributed by atoms with Crippen molar-refractivity contribution in [1.82, 2.24) is 9.97 Å². The smallest absolute Gasteiger partial charge is 0.171 e. The molecule has 1 aliphatic carbocycles. The van der Waals surface area contributed by atoms with Gasteiger partial charge in [0.25, 0.3) is 0 Å². The van der Waals surface area contributed by atoms with Crippen LogP contribution in [0.3, 0.4) is 0 Å². The number of nitrogen functional groups attached to an aromatic ring is 1. The summed E-state index contributed by atoms with van der Waals surface area (Å²) >= 11 is 5.19. The fourth-order valence-corrected chi connectivity index (χ4v) is 3.63. The van der Waals surface area contributed by atoms with Crippen LogP contribution in [0.25, 0.3) is 10.7 Å². The van der Waals surface area contributed by atoms with E-state index in [2.05, 4.69) is 20.9 Å². The quantitative estimate of drug-likeness (QED) is 0.900. The van der Waals surface area contributed by atoms with Crippen LogP contribution in [0.1, 0.15) is 37.3 Å². The zero-order valence-corrected chi connectivity index (χ0v) is 12.3. The highest BCUT2D eigenvalue weighted by Crippen LogP contribution is 2.39. The Morgan fingerprint density at radius 1 is 1.28 bits per heavy atom. The van der Waals surface area contributed by atoms with Crippen molar-refractivity contribution in [3.63, 3.8) is 0 Å². The maximum absolute atomic E-state index is 6.00.